The lowest BCUT2D eigenvalue weighted by Crippen LogP contribution is -2.17. The maximum absolute atomic E-state index is 11.8. The van der Waals surface area contributed by atoms with E-state index in [1.807, 2.05) is 19.1 Å². The third-order valence-electron chi connectivity index (χ3n) is 3.52. The third kappa shape index (κ3) is 4.24. The predicted octanol–water partition coefficient (Wildman–Crippen LogP) is 2.87. The van der Waals surface area contributed by atoms with Gasteiger partial charge in [0.05, 0.1) is 19.1 Å². The summed E-state index contributed by atoms with van der Waals surface area (Å²) in [5, 5.41) is 2.88. The molecule has 3 N–H and O–H groups in total. The molecule has 1 aliphatic carbocycles. The minimum Gasteiger partial charge on any atom is -0.399 e. The van der Waals surface area contributed by atoms with Gasteiger partial charge in [-0.2, -0.15) is 0 Å². The Morgan fingerprint density at radius 2 is 2.16 bits per heavy atom. The molecule has 0 aliphatic heterocycles. The van der Waals surface area contributed by atoms with E-state index in [1.165, 1.54) is 12.8 Å². The van der Waals surface area contributed by atoms with Gasteiger partial charge in [0.1, 0.15) is 0 Å². The van der Waals surface area contributed by atoms with Crippen molar-refractivity contribution in [3.8, 4) is 0 Å². The fourth-order valence-corrected chi connectivity index (χ4v) is 2.36. The highest BCUT2D eigenvalue weighted by Gasteiger charge is 2.15. The Balaban J connectivity index is 1.75. The van der Waals surface area contributed by atoms with Gasteiger partial charge >= 0.3 is 0 Å². The summed E-state index contributed by atoms with van der Waals surface area (Å²) in [5.74, 6) is -0.0216. The molecule has 0 saturated heterocycles. The highest BCUT2D eigenvalue weighted by molar-refractivity contribution is 5.92. The summed E-state index contributed by atoms with van der Waals surface area (Å²) in [7, 11) is 0. The van der Waals surface area contributed by atoms with Crippen molar-refractivity contribution in [3.63, 3.8) is 0 Å². The van der Waals surface area contributed by atoms with Crippen LogP contribution in [0.15, 0.2) is 18.2 Å². The van der Waals surface area contributed by atoms with Gasteiger partial charge in [0.2, 0.25) is 5.91 Å². The zero-order valence-corrected chi connectivity index (χ0v) is 11.4. The largest absolute Gasteiger partial charge is 0.399 e. The summed E-state index contributed by atoms with van der Waals surface area (Å²) in [6.45, 7) is 2.45. The standard InChI is InChI=1S/C15H22N2O2/c1-11-6-7-12(16)10-14(11)17-15(18)8-9-19-13-4-2-3-5-13/h6-7,10,13H,2-5,8-9,16H2,1H3,(H,17,18). The number of rotatable bonds is 5. The van der Waals surface area contributed by atoms with Gasteiger partial charge in [0, 0.05) is 11.4 Å². The lowest BCUT2D eigenvalue weighted by molar-refractivity contribution is -0.117. The summed E-state index contributed by atoms with van der Waals surface area (Å²) >= 11 is 0. The van der Waals surface area contributed by atoms with E-state index >= 15 is 0 Å². The maximum Gasteiger partial charge on any atom is 0.226 e. The molecular formula is C15H22N2O2. The van der Waals surface area contributed by atoms with Gasteiger partial charge in [-0.05, 0) is 37.5 Å². The van der Waals surface area contributed by atoms with Crippen molar-refractivity contribution in [3.05, 3.63) is 23.8 Å². The number of anilines is 2. The first-order chi connectivity index (χ1) is 9.15. The Bertz CT molecular complexity index is 440. The van der Waals surface area contributed by atoms with Crippen molar-refractivity contribution >= 4 is 17.3 Å². The quantitative estimate of drug-likeness (QED) is 0.802. The van der Waals surface area contributed by atoms with Gasteiger partial charge in [-0.1, -0.05) is 18.9 Å². The van der Waals surface area contributed by atoms with Gasteiger partial charge in [0.25, 0.3) is 0 Å². The number of hydrogen-bond acceptors (Lipinski definition) is 3. The molecule has 0 radical (unpaired) electrons. The monoisotopic (exact) mass is 262 g/mol. The maximum atomic E-state index is 11.8. The zero-order valence-electron chi connectivity index (χ0n) is 11.4. The number of ether oxygens (including phenoxy) is 1. The molecule has 4 nitrogen and oxygen atoms in total. The SMILES string of the molecule is Cc1ccc(N)cc1NC(=O)CCOC1CCCC1. The van der Waals surface area contributed by atoms with Crippen LogP contribution in [0.2, 0.25) is 0 Å². The molecule has 0 aromatic heterocycles. The fourth-order valence-electron chi connectivity index (χ4n) is 2.36. The van der Waals surface area contributed by atoms with E-state index in [-0.39, 0.29) is 5.91 Å². The first-order valence-electron chi connectivity index (χ1n) is 6.93. The van der Waals surface area contributed by atoms with Gasteiger partial charge in [0.15, 0.2) is 0 Å². The molecule has 0 heterocycles. The number of carbonyl (C=O) groups excluding carboxylic acids is 1. The Morgan fingerprint density at radius 3 is 2.89 bits per heavy atom. The summed E-state index contributed by atoms with van der Waals surface area (Å²) in [4.78, 5) is 11.8. The fraction of sp³-hybridized carbons (Fsp3) is 0.533. The van der Waals surface area contributed by atoms with E-state index < -0.39 is 0 Å². The average molecular weight is 262 g/mol. The molecule has 1 saturated carbocycles. The van der Waals surface area contributed by atoms with Crippen molar-refractivity contribution in [1.29, 1.82) is 0 Å². The lowest BCUT2D eigenvalue weighted by Gasteiger charge is -2.12. The molecule has 1 fully saturated rings. The van der Waals surface area contributed by atoms with Crippen LogP contribution in [-0.2, 0) is 9.53 Å². The minimum absolute atomic E-state index is 0.0216. The molecule has 104 valence electrons. The van der Waals surface area contributed by atoms with Gasteiger partial charge in [-0.3, -0.25) is 4.79 Å². The molecule has 1 aliphatic rings. The second-order valence-corrected chi connectivity index (χ2v) is 5.15. The van der Waals surface area contributed by atoms with Crippen LogP contribution >= 0.6 is 0 Å². The van der Waals surface area contributed by atoms with E-state index in [4.69, 9.17) is 10.5 Å². The molecule has 1 aromatic rings. The van der Waals surface area contributed by atoms with E-state index in [1.54, 1.807) is 6.07 Å². The molecular weight excluding hydrogens is 240 g/mol. The predicted molar refractivity (Wildman–Crippen MR) is 77.0 cm³/mol. The number of nitrogens with one attached hydrogen (secondary N) is 1. The van der Waals surface area contributed by atoms with Crippen molar-refractivity contribution in [2.75, 3.05) is 17.7 Å². The second-order valence-electron chi connectivity index (χ2n) is 5.15. The van der Waals surface area contributed by atoms with Crippen LogP contribution in [-0.4, -0.2) is 18.6 Å². The minimum atomic E-state index is -0.0216. The number of carbonyl (C=O) groups is 1. The van der Waals surface area contributed by atoms with E-state index in [0.717, 1.165) is 24.1 Å². The zero-order chi connectivity index (χ0) is 13.7. The van der Waals surface area contributed by atoms with Crippen LogP contribution in [0.5, 0.6) is 0 Å². The normalized spacial score (nSPS) is 15.6. The van der Waals surface area contributed by atoms with Crippen molar-refractivity contribution in [1.82, 2.24) is 0 Å². The van der Waals surface area contributed by atoms with Crippen LogP contribution in [0, 0.1) is 6.92 Å². The molecule has 0 spiro atoms. The van der Waals surface area contributed by atoms with Crippen LogP contribution < -0.4 is 11.1 Å². The lowest BCUT2D eigenvalue weighted by atomic mass is 10.2. The third-order valence-corrected chi connectivity index (χ3v) is 3.52. The van der Waals surface area contributed by atoms with Crippen LogP contribution in [0.25, 0.3) is 0 Å². The highest BCUT2D eigenvalue weighted by Crippen LogP contribution is 2.21. The molecule has 4 heteroatoms. The summed E-state index contributed by atoms with van der Waals surface area (Å²) in [6.07, 6.45) is 5.52. The number of nitrogens with two attached hydrogens (primary N) is 1. The topological polar surface area (TPSA) is 64.3 Å². The first kappa shape index (κ1) is 13.9. The molecule has 1 amide bonds. The Labute approximate surface area is 114 Å². The van der Waals surface area contributed by atoms with Crippen molar-refractivity contribution < 1.29 is 9.53 Å². The van der Waals surface area contributed by atoms with Crippen LogP contribution in [0.1, 0.15) is 37.7 Å². The molecule has 19 heavy (non-hydrogen) atoms. The number of hydrogen-bond donors (Lipinski definition) is 2. The van der Waals surface area contributed by atoms with E-state index in [0.29, 0.717) is 24.8 Å². The first-order valence-corrected chi connectivity index (χ1v) is 6.93. The van der Waals surface area contributed by atoms with Crippen LogP contribution in [0.4, 0.5) is 11.4 Å². The number of aryl methyl sites for hydroxylation is 1. The molecule has 0 atom stereocenters. The smallest absolute Gasteiger partial charge is 0.226 e. The van der Waals surface area contributed by atoms with E-state index in [2.05, 4.69) is 5.32 Å². The molecule has 0 unspecified atom stereocenters. The van der Waals surface area contributed by atoms with Crippen LogP contribution in [0.3, 0.4) is 0 Å². The van der Waals surface area contributed by atoms with Gasteiger partial charge in [-0.25, -0.2) is 0 Å². The van der Waals surface area contributed by atoms with Gasteiger partial charge in [-0.15, -0.1) is 0 Å². The van der Waals surface area contributed by atoms with E-state index in [9.17, 15) is 4.79 Å². The highest BCUT2D eigenvalue weighted by atomic mass is 16.5. The summed E-state index contributed by atoms with van der Waals surface area (Å²) in [6, 6.07) is 5.51. The Morgan fingerprint density at radius 1 is 1.42 bits per heavy atom. The number of amides is 1. The summed E-state index contributed by atoms with van der Waals surface area (Å²) in [5.41, 5.74) is 8.16. The Kier molecular flexibility index (Phi) is 4.80. The van der Waals surface area contributed by atoms with Crippen molar-refractivity contribution in [2.24, 2.45) is 0 Å². The average Bonchev–Trinajstić information content (AvgIpc) is 2.87. The second kappa shape index (κ2) is 6.57. The number of benzene rings is 1. The van der Waals surface area contributed by atoms with Gasteiger partial charge < -0.3 is 15.8 Å². The van der Waals surface area contributed by atoms with Crippen molar-refractivity contribution in [2.45, 2.75) is 45.1 Å². The molecule has 2 rings (SSSR count). The number of nitrogen functional groups attached to an aromatic ring is 1. The summed E-state index contributed by atoms with van der Waals surface area (Å²) < 4.78 is 5.68. The molecule has 1 aromatic carbocycles. The molecule has 0 bridgehead atoms. The Hall–Kier alpha value is -1.55.